The Bertz CT molecular complexity index is 1370. The highest BCUT2D eigenvalue weighted by atomic mass is 28.3. The number of rotatable bonds is 4. The van der Waals surface area contributed by atoms with Crippen LogP contribution in [0.5, 0.6) is 0 Å². The highest BCUT2D eigenvalue weighted by Gasteiger charge is 2.41. The fraction of sp³-hybridized carbons (Fsp3) is 0.222. The molecule has 6 nitrogen and oxygen atoms in total. The van der Waals surface area contributed by atoms with E-state index in [9.17, 15) is 19.8 Å². The Morgan fingerprint density at radius 3 is 2.18 bits per heavy atom. The number of anilines is 1. The lowest BCUT2D eigenvalue weighted by molar-refractivity contribution is -0.462. The average molecular weight is 474 g/mol. The van der Waals surface area contributed by atoms with Crippen LogP contribution in [0.2, 0.25) is 13.1 Å². The lowest BCUT2D eigenvalue weighted by atomic mass is 9.86. The monoisotopic (exact) mass is 473 g/mol. The van der Waals surface area contributed by atoms with E-state index in [4.69, 9.17) is 0 Å². The molecule has 0 atom stereocenters. The minimum Gasteiger partial charge on any atom is -0.478 e. The van der Waals surface area contributed by atoms with E-state index in [0.29, 0.717) is 5.56 Å². The van der Waals surface area contributed by atoms with Crippen LogP contribution in [0, 0.1) is 0 Å². The van der Waals surface area contributed by atoms with Gasteiger partial charge >= 0.3 is 11.9 Å². The standard InChI is InChI=1S/C27H28N2O4Si/c1-28(2)17-8-11-20-23(14-17)34(5,6)24-15-18(29(3)4)9-12-21(24)25(20)19-10-7-16(26(30)31)13-22(19)27(32)33/h7-15H,1-6H3,(H-,30,31,32,33)/p+1. The van der Waals surface area contributed by atoms with Gasteiger partial charge in [-0.2, -0.15) is 0 Å². The SMILES string of the molecule is CN(C)c1ccc2c(c1)[Si](C)(C)C1=CC(=[N+](C)C)C=CC1=C2c1ccc(C(=O)O)cc1C(=O)O. The quantitative estimate of drug-likeness (QED) is 0.524. The number of nitrogens with zero attached hydrogens (tertiary/aromatic N) is 2. The fourth-order valence-corrected chi connectivity index (χ4v) is 7.81. The Morgan fingerprint density at radius 1 is 0.912 bits per heavy atom. The molecule has 174 valence electrons. The topological polar surface area (TPSA) is 80.8 Å². The van der Waals surface area contributed by atoms with Crippen molar-refractivity contribution < 1.29 is 24.4 Å². The van der Waals surface area contributed by atoms with Crippen molar-refractivity contribution >= 4 is 42.2 Å². The molecule has 0 saturated carbocycles. The fourth-order valence-electron chi connectivity index (χ4n) is 4.74. The Hall–Kier alpha value is -3.71. The molecule has 2 aliphatic rings. The highest BCUT2D eigenvalue weighted by molar-refractivity contribution is 6.98. The average Bonchev–Trinajstić information content (AvgIpc) is 2.78. The van der Waals surface area contributed by atoms with Gasteiger partial charge in [-0.3, -0.25) is 0 Å². The van der Waals surface area contributed by atoms with E-state index in [1.54, 1.807) is 6.07 Å². The molecule has 4 rings (SSSR count). The second-order valence-corrected chi connectivity index (χ2v) is 13.9. The predicted octanol–water partition coefficient (Wildman–Crippen LogP) is 3.63. The number of carboxylic acids is 2. The molecule has 1 aliphatic carbocycles. The summed E-state index contributed by atoms with van der Waals surface area (Å²) < 4.78 is 2.07. The first-order valence-corrected chi connectivity index (χ1v) is 14.1. The molecule has 2 N–H and O–H groups in total. The zero-order chi connectivity index (χ0) is 24.9. The van der Waals surface area contributed by atoms with Crippen LogP contribution in [-0.4, -0.2) is 68.7 Å². The molecular formula is C27H29N2O4Si+. The summed E-state index contributed by atoms with van der Waals surface area (Å²) in [5, 5.41) is 21.9. The number of aromatic carboxylic acids is 2. The van der Waals surface area contributed by atoms with Gasteiger partial charge in [0.25, 0.3) is 0 Å². The third-order valence-corrected chi connectivity index (χ3v) is 10.2. The summed E-state index contributed by atoms with van der Waals surface area (Å²) in [7, 11) is 5.89. The van der Waals surface area contributed by atoms with Crippen LogP contribution in [0.3, 0.4) is 0 Å². The maximum atomic E-state index is 12.3. The van der Waals surface area contributed by atoms with Gasteiger partial charge in [-0.15, -0.1) is 0 Å². The van der Waals surface area contributed by atoms with Gasteiger partial charge in [0, 0.05) is 31.9 Å². The zero-order valence-corrected chi connectivity index (χ0v) is 21.3. The van der Waals surface area contributed by atoms with Gasteiger partial charge in [-0.25, -0.2) is 14.2 Å². The summed E-state index contributed by atoms with van der Waals surface area (Å²) in [6, 6.07) is 10.7. The van der Waals surface area contributed by atoms with Crippen molar-refractivity contribution in [3.8, 4) is 0 Å². The Labute approximate surface area is 200 Å². The molecule has 0 unspecified atom stereocenters. The van der Waals surface area contributed by atoms with E-state index in [1.807, 2.05) is 28.2 Å². The molecular weight excluding hydrogens is 444 g/mol. The Kier molecular flexibility index (Phi) is 5.69. The van der Waals surface area contributed by atoms with Crippen molar-refractivity contribution in [1.29, 1.82) is 0 Å². The molecule has 34 heavy (non-hydrogen) atoms. The van der Waals surface area contributed by atoms with Gasteiger partial charge in [0.15, 0.2) is 5.71 Å². The van der Waals surface area contributed by atoms with Crippen LogP contribution < -0.4 is 10.1 Å². The maximum Gasteiger partial charge on any atom is 0.336 e. The summed E-state index contributed by atoms with van der Waals surface area (Å²) in [5.74, 6) is -2.30. The molecule has 1 heterocycles. The van der Waals surface area contributed by atoms with Crippen LogP contribution in [0.4, 0.5) is 5.69 Å². The number of hydrogen-bond donors (Lipinski definition) is 2. The number of benzene rings is 2. The molecule has 0 amide bonds. The molecule has 2 aromatic carbocycles. The largest absolute Gasteiger partial charge is 0.478 e. The van der Waals surface area contributed by atoms with E-state index in [-0.39, 0.29) is 11.1 Å². The first-order valence-electron chi connectivity index (χ1n) is 11.1. The Morgan fingerprint density at radius 2 is 1.59 bits per heavy atom. The van der Waals surface area contributed by atoms with Crippen molar-refractivity contribution in [1.82, 2.24) is 0 Å². The summed E-state index contributed by atoms with van der Waals surface area (Å²) in [4.78, 5) is 25.9. The maximum absolute atomic E-state index is 12.3. The molecule has 0 aromatic heterocycles. The Balaban J connectivity index is 2.13. The van der Waals surface area contributed by atoms with E-state index in [1.165, 1.54) is 22.5 Å². The minimum absolute atomic E-state index is 0.0125. The highest BCUT2D eigenvalue weighted by Crippen LogP contribution is 2.42. The lowest BCUT2D eigenvalue weighted by Crippen LogP contribution is -2.49. The summed E-state index contributed by atoms with van der Waals surface area (Å²) >= 11 is 0. The van der Waals surface area contributed by atoms with Gasteiger partial charge in [0.2, 0.25) is 0 Å². The first-order chi connectivity index (χ1) is 15.9. The van der Waals surface area contributed by atoms with Crippen LogP contribution >= 0.6 is 0 Å². The first kappa shape index (κ1) is 23.4. The molecule has 0 spiro atoms. The molecule has 7 heteroatoms. The number of hydrogen-bond acceptors (Lipinski definition) is 3. The number of allylic oxidation sites excluding steroid dienone is 5. The van der Waals surface area contributed by atoms with Gasteiger partial charge < -0.3 is 15.1 Å². The zero-order valence-electron chi connectivity index (χ0n) is 20.3. The van der Waals surface area contributed by atoms with E-state index in [2.05, 4.69) is 59.0 Å². The molecule has 1 aliphatic heterocycles. The lowest BCUT2D eigenvalue weighted by Gasteiger charge is -2.38. The van der Waals surface area contributed by atoms with Crippen molar-refractivity contribution in [2.45, 2.75) is 13.1 Å². The molecule has 0 fully saturated rings. The van der Waals surface area contributed by atoms with Crippen LogP contribution in [0.25, 0.3) is 5.57 Å². The molecule has 0 bridgehead atoms. The van der Waals surface area contributed by atoms with Crippen LogP contribution in [0.15, 0.2) is 65.4 Å². The smallest absolute Gasteiger partial charge is 0.336 e. The van der Waals surface area contributed by atoms with Crippen molar-refractivity contribution in [3.63, 3.8) is 0 Å². The molecule has 0 saturated heterocycles. The van der Waals surface area contributed by atoms with Crippen LogP contribution in [0.1, 0.15) is 31.8 Å². The van der Waals surface area contributed by atoms with Gasteiger partial charge in [0.1, 0.15) is 22.2 Å². The second kappa shape index (κ2) is 8.25. The van der Waals surface area contributed by atoms with Gasteiger partial charge in [-0.05, 0) is 63.0 Å². The number of carboxylic acid groups (broad SMARTS) is 2. The van der Waals surface area contributed by atoms with Crippen molar-refractivity contribution in [2.75, 3.05) is 33.1 Å². The van der Waals surface area contributed by atoms with Crippen LogP contribution in [-0.2, 0) is 0 Å². The van der Waals surface area contributed by atoms with E-state index < -0.39 is 20.0 Å². The second-order valence-electron chi connectivity index (χ2n) is 9.62. The third-order valence-electron chi connectivity index (χ3n) is 6.69. The summed E-state index contributed by atoms with van der Waals surface area (Å²) in [5.41, 5.74) is 5.51. The minimum atomic E-state index is -2.15. The third kappa shape index (κ3) is 3.72. The van der Waals surface area contributed by atoms with Crippen molar-refractivity contribution in [2.24, 2.45) is 0 Å². The van der Waals surface area contributed by atoms with Crippen molar-refractivity contribution in [3.05, 3.63) is 87.6 Å². The normalized spacial score (nSPS) is 15.9. The van der Waals surface area contributed by atoms with E-state index >= 15 is 0 Å². The number of fused-ring (bicyclic) bond motifs is 2. The van der Waals surface area contributed by atoms with Gasteiger partial charge in [-0.1, -0.05) is 25.2 Å². The van der Waals surface area contributed by atoms with Gasteiger partial charge in [0.05, 0.1) is 11.1 Å². The summed E-state index contributed by atoms with van der Waals surface area (Å²) in [6.45, 7) is 4.65. The predicted molar refractivity (Wildman–Crippen MR) is 139 cm³/mol. The number of carbonyl (C=O) groups is 2. The summed E-state index contributed by atoms with van der Waals surface area (Å²) in [6.07, 6.45) is 6.35. The molecule has 0 radical (unpaired) electrons. The molecule has 2 aromatic rings. The van der Waals surface area contributed by atoms with E-state index in [0.717, 1.165) is 28.1 Å².